The lowest BCUT2D eigenvalue weighted by Gasteiger charge is -2.46. The fourth-order valence-electron chi connectivity index (χ4n) is 5.44. The third-order valence-corrected chi connectivity index (χ3v) is 7.76. The van der Waals surface area contributed by atoms with Gasteiger partial charge in [0.2, 0.25) is 5.91 Å². The number of hydrogen-bond acceptors (Lipinski definition) is 8. The third-order valence-electron chi connectivity index (χ3n) is 7.36. The summed E-state index contributed by atoms with van der Waals surface area (Å²) in [6.45, 7) is 2.89. The topological polar surface area (TPSA) is 113 Å². The number of nitriles is 1. The number of pyridine rings is 1. The van der Waals surface area contributed by atoms with Gasteiger partial charge in [-0.1, -0.05) is 17.7 Å². The number of fused-ring (bicyclic) bond motifs is 2. The summed E-state index contributed by atoms with van der Waals surface area (Å²) < 4.78 is 21.5. The SMILES string of the molecule is N#Cc1c(F)ccc([C@@H]2CN3CCN(C(=O)C4CCc5cc(-n6cnnn6)ncc54)C[C@H]3CO2)c1Cl. The molecule has 2 aromatic heterocycles. The lowest BCUT2D eigenvalue weighted by atomic mass is 9.99. The van der Waals surface area contributed by atoms with Gasteiger partial charge in [-0.25, -0.2) is 9.37 Å². The molecule has 1 amide bonds. The molecule has 2 fully saturated rings. The molecule has 2 saturated heterocycles. The minimum Gasteiger partial charge on any atom is -0.370 e. The Hall–Kier alpha value is -3.46. The zero-order valence-electron chi connectivity index (χ0n) is 19.2. The molecule has 36 heavy (non-hydrogen) atoms. The highest BCUT2D eigenvalue weighted by Gasteiger charge is 2.39. The number of piperazine rings is 1. The van der Waals surface area contributed by atoms with Crippen LogP contribution in [-0.4, -0.2) is 79.7 Å². The van der Waals surface area contributed by atoms with Gasteiger partial charge >= 0.3 is 0 Å². The van der Waals surface area contributed by atoms with E-state index in [1.165, 1.54) is 17.1 Å². The Balaban J connectivity index is 1.12. The lowest BCUT2D eigenvalue weighted by molar-refractivity contribution is -0.141. The number of amides is 1. The number of ether oxygens (including phenoxy) is 1. The van der Waals surface area contributed by atoms with Crippen molar-refractivity contribution < 1.29 is 13.9 Å². The van der Waals surface area contributed by atoms with Crippen LogP contribution in [0.3, 0.4) is 0 Å². The molecule has 0 spiro atoms. The van der Waals surface area contributed by atoms with Crippen molar-refractivity contribution in [3.63, 3.8) is 0 Å². The van der Waals surface area contributed by atoms with Gasteiger partial charge in [0.05, 0.1) is 29.7 Å². The first kappa shape index (κ1) is 23.0. The molecule has 3 aliphatic rings. The molecule has 3 atom stereocenters. The Morgan fingerprint density at radius 1 is 1.25 bits per heavy atom. The molecule has 3 aromatic rings. The minimum atomic E-state index is -0.637. The summed E-state index contributed by atoms with van der Waals surface area (Å²) in [5.74, 6) is -0.0886. The number of hydrogen-bond donors (Lipinski definition) is 0. The van der Waals surface area contributed by atoms with Gasteiger partial charge in [0.15, 0.2) is 5.82 Å². The van der Waals surface area contributed by atoms with Crippen LogP contribution in [0.15, 0.2) is 30.7 Å². The van der Waals surface area contributed by atoms with Crippen LogP contribution in [0, 0.1) is 17.1 Å². The molecular formula is C24H22ClFN8O2. The summed E-state index contributed by atoms with van der Waals surface area (Å²) in [5.41, 5.74) is 2.53. The van der Waals surface area contributed by atoms with E-state index in [2.05, 4.69) is 25.4 Å². The zero-order valence-corrected chi connectivity index (χ0v) is 20.0. The number of morpholine rings is 1. The number of carbonyl (C=O) groups excluding carboxylic acids is 1. The maximum absolute atomic E-state index is 13.9. The number of nitrogens with zero attached hydrogens (tertiary/aromatic N) is 8. The Morgan fingerprint density at radius 3 is 2.94 bits per heavy atom. The Morgan fingerprint density at radius 2 is 2.14 bits per heavy atom. The van der Waals surface area contributed by atoms with Crippen LogP contribution < -0.4 is 0 Å². The van der Waals surface area contributed by atoms with Crippen LogP contribution in [0.25, 0.3) is 5.82 Å². The maximum atomic E-state index is 13.9. The van der Waals surface area contributed by atoms with Gasteiger partial charge in [0, 0.05) is 37.9 Å². The summed E-state index contributed by atoms with van der Waals surface area (Å²) in [4.78, 5) is 22.2. The standard InChI is InChI=1S/C24H22ClFN8O2/c25-23-17(3-4-20(26)18(23)8-27)21-11-32-5-6-33(10-15(32)12-36-21)24(35)16-2-1-14-7-22(28-9-19(14)16)34-13-29-30-31-34/h3-4,7,9,13,15-16,21H,1-2,5-6,10-12H2/t15-,16?,21-/m0/s1. The number of halogens is 2. The highest BCUT2D eigenvalue weighted by atomic mass is 35.5. The fourth-order valence-corrected chi connectivity index (χ4v) is 5.76. The molecule has 12 heteroatoms. The van der Waals surface area contributed by atoms with Crippen LogP contribution in [-0.2, 0) is 16.0 Å². The molecule has 184 valence electrons. The first-order chi connectivity index (χ1) is 17.5. The van der Waals surface area contributed by atoms with Crippen molar-refractivity contribution in [2.45, 2.75) is 30.9 Å². The summed E-state index contributed by atoms with van der Waals surface area (Å²) in [5, 5.41) is 20.5. The van der Waals surface area contributed by atoms with Crippen molar-refractivity contribution in [3.05, 3.63) is 63.8 Å². The Kier molecular flexibility index (Phi) is 5.87. The van der Waals surface area contributed by atoms with Gasteiger partial charge in [0.25, 0.3) is 0 Å². The van der Waals surface area contributed by atoms with Gasteiger partial charge in [-0.2, -0.15) is 9.94 Å². The molecule has 0 saturated carbocycles. The molecular weight excluding hydrogens is 487 g/mol. The quantitative estimate of drug-likeness (QED) is 0.528. The van der Waals surface area contributed by atoms with E-state index in [9.17, 15) is 14.4 Å². The van der Waals surface area contributed by atoms with E-state index in [0.717, 1.165) is 24.0 Å². The van der Waals surface area contributed by atoms with Crippen molar-refractivity contribution in [2.24, 2.45) is 0 Å². The minimum absolute atomic E-state index is 0.0646. The smallest absolute Gasteiger partial charge is 0.230 e. The molecule has 0 bridgehead atoms. The van der Waals surface area contributed by atoms with Crippen molar-refractivity contribution in [1.82, 2.24) is 35.0 Å². The highest BCUT2D eigenvalue weighted by molar-refractivity contribution is 6.32. The summed E-state index contributed by atoms with van der Waals surface area (Å²) in [7, 11) is 0. The summed E-state index contributed by atoms with van der Waals surface area (Å²) in [6, 6.07) is 6.68. The van der Waals surface area contributed by atoms with E-state index >= 15 is 0 Å². The van der Waals surface area contributed by atoms with Gasteiger partial charge in [-0.05, 0) is 46.5 Å². The van der Waals surface area contributed by atoms with Crippen LogP contribution in [0.1, 0.15) is 40.7 Å². The predicted octanol–water partition coefficient (Wildman–Crippen LogP) is 2.04. The third kappa shape index (κ3) is 3.91. The van der Waals surface area contributed by atoms with Crippen molar-refractivity contribution in [2.75, 3.05) is 32.8 Å². The van der Waals surface area contributed by atoms with Crippen LogP contribution >= 0.6 is 11.6 Å². The second-order valence-electron chi connectivity index (χ2n) is 9.28. The highest BCUT2D eigenvalue weighted by Crippen LogP contribution is 2.37. The van der Waals surface area contributed by atoms with Crippen molar-refractivity contribution in [3.8, 4) is 11.9 Å². The first-order valence-corrected chi connectivity index (χ1v) is 12.2. The van der Waals surface area contributed by atoms with Crippen LogP contribution in [0.4, 0.5) is 4.39 Å². The van der Waals surface area contributed by atoms with Crippen molar-refractivity contribution >= 4 is 17.5 Å². The number of rotatable bonds is 3. The van der Waals surface area contributed by atoms with Crippen LogP contribution in [0.2, 0.25) is 5.02 Å². The van der Waals surface area contributed by atoms with E-state index in [-0.39, 0.29) is 34.6 Å². The zero-order chi connectivity index (χ0) is 24.8. The van der Waals surface area contributed by atoms with Gasteiger partial charge < -0.3 is 9.64 Å². The van der Waals surface area contributed by atoms with Gasteiger partial charge in [-0.15, -0.1) is 5.10 Å². The van der Waals surface area contributed by atoms with Crippen molar-refractivity contribution in [1.29, 1.82) is 5.26 Å². The first-order valence-electron chi connectivity index (χ1n) is 11.8. The van der Waals surface area contributed by atoms with E-state index < -0.39 is 5.82 Å². The van der Waals surface area contributed by atoms with Gasteiger partial charge in [0.1, 0.15) is 23.8 Å². The number of aromatic nitrogens is 5. The lowest BCUT2D eigenvalue weighted by Crippen LogP contribution is -2.60. The average Bonchev–Trinajstić information content (AvgIpc) is 3.58. The molecule has 1 aromatic carbocycles. The monoisotopic (exact) mass is 508 g/mol. The number of aryl methyl sites for hydroxylation is 1. The van der Waals surface area contributed by atoms with E-state index in [1.807, 2.05) is 17.0 Å². The number of tetrazole rings is 1. The fraction of sp³-hybridized carbons (Fsp3) is 0.417. The molecule has 4 heterocycles. The molecule has 6 rings (SSSR count). The Bertz CT molecular complexity index is 1360. The molecule has 2 aliphatic heterocycles. The second kappa shape index (κ2) is 9.20. The second-order valence-corrected chi connectivity index (χ2v) is 9.66. The number of carbonyl (C=O) groups is 1. The number of benzene rings is 1. The molecule has 1 unspecified atom stereocenters. The molecule has 0 radical (unpaired) electrons. The van der Waals surface area contributed by atoms with Gasteiger partial charge in [-0.3, -0.25) is 9.69 Å². The Labute approximate surface area is 211 Å². The summed E-state index contributed by atoms with van der Waals surface area (Å²) >= 11 is 6.31. The van der Waals surface area contributed by atoms with Crippen LogP contribution in [0.5, 0.6) is 0 Å². The van der Waals surface area contributed by atoms with E-state index in [4.69, 9.17) is 16.3 Å². The largest absolute Gasteiger partial charge is 0.370 e. The average molecular weight is 509 g/mol. The normalized spacial score (nSPS) is 23.7. The van der Waals surface area contributed by atoms with E-state index in [1.54, 1.807) is 12.3 Å². The molecule has 0 N–H and O–H groups in total. The molecule has 1 aliphatic carbocycles. The molecule has 10 nitrogen and oxygen atoms in total. The predicted molar refractivity (Wildman–Crippen MR) is 125 cm³/mol. The summed E-state index contributed by atoms with van der Waals surface area (Å²) in [6.07, 6.45) is 4.47. The van der Waals surface area contributed by atoms with E-state index in [0.29, 0.717) is 44.2 Å². The maximum Gasteiger partial charge on any atom is 0.230 e.